The lowest BCUT2D eigenvalue weighted by atomic mass is 9.96. The number of H-pyrrole nitrogens is 1. The summed E-state index contributed by atoms with van der Waals surface area (Å²) in [5.41, 5.74) is -0.288. The van der Waals surface area contributed by atoms with Crippen molar-refractivity contribution in [3.63, 3.8) is 0 Å². The molecule has 0 unspecified atom stereocenters. The number of fused-ring (bicyclic) bond motifs is 1. The molecular formula is C26H28FN3O8S2. The van der Waals surface area contributed by atoms with Gasteiger partial charge in [0, 0.05) is 11.5 Å². The van der Waals surface area contributed by atoms with Gasteiger partial charge in [0.1, 0.15) is 18.4 Å². The van der Waals surface area contributed by atoms with Gasteiger partial charge in [0.2, 0.25) is 11.7 Å². The molecule has 0 spiro atoms. The summed E-state index contributed by atoms with van der Waals surface area (Å²) in [6.45, 7) is 3.55. The molecule has 0 fully saturated rings. The molecule has 214 valence electrons. The second-order valence-corrected chi connectivity index (χ2v) is 10.8. The monoisotopic (exact) mass is 593 g/mol. The Bertz CT molecular complexity index is 1400. The number of carbonyl (C=O) groups is 3. The van der Waals surface area contributed by atoms with Gasteiger partial charge in [-0.05, 0) is 42.3 Å². The number of ether oxygens (including phenoxy) is 4. The number of nitrogens with zero attached hydrogens (tertiary/aromatic N) is 1. The number of methoxy groups -OCH3 is 1. The molecule has 0 aliphatic heterocycles. The van der Waals surface area contributed by atoms with Gasteiger partial charge in [0.25, 0.3) is 5.56 Å². The van der Waals surface area contributed by atoms with Gasteiger partial charge in [0.05, 0.1) is 25.8 Å². The quantitative estimate of drug-likeness (QED) is 0.169. The van der Waals surface area contributed by atoms with Crippen molar-refractivity contribution in [2.75, 3.05) is 31.8 Å². The number of aromatic nitrogens is 2. The summed E-state index contributed by atoms with van der Waals surface area (Å²) in [6, 6.07) is 10.0. The average Bonchev–Trinajstić information content (AvgIpc) is 2.95. The van der Waals surface area contributed by atoms with E-state index >= 15 is 0 Å². The fourth-order valence-electron chi connectivity index (χ4n) is 3.36. The minimum Gasteiger partial charge on any atom is -0.497 e. The first-order chi connectivity index (χ1) is 19.2. The summed E-state index contributed by atoms with van der Waals surface area (Å²) < 4.78 is 32.8. The van der Waals surface area contributed by atoms with Crippen LogP contribution in [0, 0.1) is 5.82 Å². The van der Waals surface area contributed by atoms with E-state index in [1.54, 1.807) is 21.0 Å². The first-order valence-electron chi connectivity index (χ1n) is 12.1. The Morgan fingerprint density at radius 1 is 1.10 bits per heavy atom. The first-order valence-corrected chi connectivity index (χ1v) is 14.6. The molecular weight excluding hydrogens is 565 g/mol. The van der Waals surface area contributed by atoms with Gasteiger partial charge < -0.3 is 24.3 Å². The lowest BCUT2D eigenvalue weighted by Crippen LogP contribution is -2.45. The molecule has 1 heterocycles. The van der Waals surface area contributed by atoms with E-state index in [1.807, 2.05) is 41.4 Å². The second kappa shape index (κ2) is 15.1. The SMILES string of the molecule is CCOC(=O)[C@@H](CSSCCOC(=O)Oc1ncc(F)c(=O)[nH]1)NC(=O)[C@H](C)c1ccc2cc(OC)ccc2c1. The molecule has 11 nitrogen and oxygen atoms in total. The standard InChI is InChI=1S/C26H28FN3O8S2/c1-4-36-24(33)21(14-40-39-10-9-37-26(34)38-25-28-13-20(27)23(32)30-25)29-22(31)15(2)16-5-6-18-12-19(35-3)8-7-17(18)11-16/h5-8,11-13,15,21H,4,9-10,14H2,1-3H3,(H,29,31)(H,28,30,32)/t15-,21-/m1/s1. The molecule has 0 radical (unpaired) electrons. The van der Waals surface area contributed by atoms with Gasteiger partial charge in [-0.25, -0.2) is 14.6 Å². The Labute approximate surface area is 236 Å². The second-order valence-electron chi connectivity index (χ2n) is 8.18. The maximum atomic E-state index is 13.0. The number of amides is 1. The highest BCUT2D eigenvalue weighted by molar-refractivity contribution is 8.76. The molecule has 0 aliphatic rings. The van der Waals surface area contributed by atoms with Gasteiger partial charge in [-0.2, -0.15) is 4.39 Å². The topological polar surface area (TPSA) is 146 Å². The van der Waals surface area contributed by atoms with Gasteiger partial charge in [-0.1, -0.05) is 45.9 Å². The van der Waals surface area contributed by atoms with Crippen LogP contribution in [0.4, 0.5) is 9.18 Å². The van der Waals surface area contributed by atoms with Crippen LogP contribution in [-0.2, 0) is 19.1 Å². The molecule has 0 saturated carbocycles. The predicted octanol–water partition coefficient (Wildman–Crippen LogP) is 3.82. The number of rotatable bonds is 13. The molecule has 2 aromatic carbocycles. The van der Waals surface area contributed by atoms with Crippen molar-refractivity contribution in [3.05, 3.63) is 64.3 Å². The highest BCUT2D eigenvalue weighted by atomic mass is 33.1. The van der Waals surface area contributed by atoms with Crippen LogP contribution < -0.4 is 20.3 Å². The molecule has 2 atom stereocenters. The van der Waals surface area contributed by atoms with Crippen molar-refractivity contribution >= 4 is 50.4 Å². The van der Waals surface area contributed by atoms with Crippen molar-refractivity contribution in [2.24, 2.45) is 0 Å². The van der Waals surface area contributed by atoms with Crippen molar-refractivity contribution in [2.45, 2.75) is 25.8 Å². The van der Waals surface area contributed by atoms with Gasteiger partial charge >= 0.3 is 18.1 Å². The third-order valence-corrected chi connectivity index (χ3v) is 7.85. The number of nitrogens with one attached hydrogen (secondary N) is 2. The van der Waals surface area contributed by atoms with E-state index in [0.717, 1.165) is 22.1 Å². The highest BCUT2D eigenvalue weighted by Gasteiger charge is 2.25. The van der Waals surface area contributed by atoms with Crippen LogP contribution in [0.2, 0.25) is 0 Å². The van der Waals surface area contributed by atoms with Gasteiger partial charge in [-0.15, -0.1) is 0 Å². The summed E-state index contributed by atoms with van der Waals surface area (Å²) in [5, 5.41) is 4.71. The van der Waals surface area contributed by atoms with Crippen molar-refractivity contribution < 1.29 is 37.7 Å². The van der Waals surface area contributed by atoms with Crippen LogP contribution in [0.25, 0.3) is 10.8 Å². The van der Waals surface area contributed by atoms with E-state index in [9.17, 15) is 23.6 Å². The Morgan fingerprint density at radius 3 is 2.58 bits per heavy atom. The van der Waals surface area contributed by atoms with Crippen molar-refractivity contribution in [1.29, 1.82) is 0 Å². The number of aromatic amines is 1. The van der Waals surface area contributed by atoms with Crippen LogP contribution in [0.5, 0.6) is 11.8 Å². The van der Waals surface area contributed by atoms with Crippen molar-refractivity contribution in [1.82, 2.24) is 15.3 Å². The maximum Gasteiger partial charge on any atom is 0.516 e. The number of esters is 1. The van der Waals surface area contributed by atoms with E-state index < -0.39 is 41.5 Å². The zero-order valence-electron chi connectivity index (χ0n) is 21.9. The van der Waals surface area contributed by atoms with E-state index in [2.05, 4.69) is 15.0 Å². The van der Waals surface area contributed by atoms with Crippen molar-refractivity contribution in [3.8, 4) is 11.8 Å². The Balaban J connectivity index is 1.47. The zero-order chi connectivity index (χ0) is 29.1. The average molecular weight is 594 g/mol. The van der Waals surface area contributed by atoms with E-state index in [-0.39, 0.29) is 24.9 Å². The molecule has 0 saturated heterocycles. The molecule has 0 bridgehead atoms. The number of hydrogen-bond donors (Lipinski definition) is 2. The largest absolute Gasteiger partial charge is 0.516 e. The summed E-state index contributed by atoms with van der Waals surface area (Å²) in [4.78, 5) is 53.7. The van der Waals surface area contributed by atoms with Crippen LogP contribution >= 0.6 is 21.6 Å². The number of benzene rings is 2. The smallest absolute Gasteiger partial charge is 0.497 e. The summed E-state index contributed by atoms with van der Waals surface area (Å²) >= 11 is 0. The lowest BCUT2D eigenvalue weighted by Gasteiger charge is -2.20. The highest BCUT2D eigenvalue weighted by Crippen LogP contribution is 2.26. The van der Waals surface area contributed by atoms with Crippen LogP contribution in [-0.4, -0.2) is 65.9 Å². The minimum atomic E-state index is -1.13. The zero-order valence-corrected chi connectivity index (χ0v) is 23.6. The summed E-state index contributed by atoms with van der Waals surface area (Å²) in [5.74, 6) is -1.23. The Morgan fingerprint density at radius 2 is 1.85 bits per heavy atom. The predicted molar refractivity (Wildman–Crippen MR) is 149 cm³/mol. The fourth-order valence-corrected chi connectivity index (χ4v) is 5.33. The molecule has 3 aromatic rings. The molecule has 14 heteroatoms. The van der Waals surface area contributed by atoms with Gasteiger partial charge in [0.15, 0.2) is 0 Å². The number of hydrogen-bond acceptors (Lipinski definition) is 11. The molecule has 1 aromatic heterocycles. The van der Waals surface area contributed by atoms with E-state index in [1.165, 1.54) is 21.6 Å². The molecule has 3 rings (SSSR count). The maximum absolute atomic E-state index is 13.0. The number of halogens is 1. The molecule has 2 N–H and O–H groups in total. The molecule has 1 amide bonds. The third kappa shape index (κ3) is 8.88. The minimum absolute atomic E-state index is 0.0524. The lowest BCUT2D eigenvalue weighted by molar-refractivity contribution is -0.146. The third-order valence-electron chi connectivity index (χ3n) is 5.47. The Kier molecular flexibility index (Phi) is 11.6. The van der Waals surface area contributed by atoms with E-state index in [4.69, 9.17) is 14.2 Å². The van der Waals surface area contributed by atoms with Crippen LogP contribution in [0.3, 0.4) is 0 Å². The molecule has 40 heavy (non-hydrogen) atoms. The van der Waals surface area contributed by atoms with E-state index in [0.29, 0.717) is 11.9 Å². The van der Waals surface area contributed by atoms with Crippen LogP contribution in [0.15, 0.2) is 47.4 Å². The summed E-state index contributed by atoms with van der Waals surface area (Å²) in [7, 11) is 4.18. The fraction of sp³-hybridized carbons (Fsp3) is 0.346. The normalized spacial score (nSPS) is 12.3. The Hall–Kier alpha value is -3.78. The van der Waals surface area contributed by atoms with Gasteiger partial charge in [-0.3, -0.25) is 14.6 Å². The molecule has 0 aliphatic carbocycles. The van der Waals surface area contributed by atoms with Crippen LogP contribution in [0.1, 0.15) is 25.3 Å². The first kappa shape index (κ1) is 30.8. The number of carbonyl (C=O) groups excluding carboxylic acids is 3. The summed E-state index contributed by atoms with van der Waals surface area (Å²) in [6.07, 6.45) is -0.508.